The van der Waals surface area contributed by atoms with Gasteiger partial charge in [0.25, 0.3) is 5.97 Å². The molecule has 8 rings (SSSR count). The highest BCUT2D eigenvalue weighted by Crippen LogP contribution is 2.38. The Bertz CT molecular complexity index is 2540. The van der Waals surface area contributed by atoms with Gasteiger partial charge in [0, 0.05) is 104 Å². The molecule has 8 nitrogen and oxygen atoms in total. The Morgan fingerprint density at radius 1 is 0.742 bits per heavy atom. The van der Waals surface area contributed by atoms with Gasteiger partial charge in [-0.1, -0.05) is 75.9 Å². The third-order valence-corrected chi connectivity index (χ3v) is 13.9. The van der Waals surface area contributed by atoms with E-state index in [9.17, 15) is 0 Å². The molecule has 0 bridgehead atoms. The van der Waals surface area contributed by atoms with Crippen molar-refractivity contribution in [1.82, 2.24) is 19.8 Å². The van der Waals surface area contributed by atoms with Gasteiger partial charge in [0.15, 0.2) is 0 Å². The minimum Gasteiger partial charge on any atom is -0.493 e. The van der Waals surface area contributed by atoms with Gasteiger partial charge in [0.1, 0.15) is 11.5 Å². The van der Waals surface area contributed by atoms with E-state index in [1.165, 1.54) is 83.0 Å². The lowest BCUT2D eigenvalue weighted by Gasteiger charge is -2.37. The second-order valence-electron chi connectivity index (χ2n) is 18.8. The van der Waals surface area contributed by atoms with Gasteiger partial charge in [-0.15, -0.1) is 0 Å². The number of hydrogen-bond donors (Lipinski definition) is 3. The molecule has 0 aliphatic carbocycles. The monoisotopic (exact) mass is 928 g/mol. The van der Waals surface area contributed by atoms with Crippen molar-refractivity contribution in [3.05, 3.63) is 121 Å². The molecule has 0 saturated heterocycles. The molecule has 2 aliphatic heterocycles. The molecule has 0 radical (unpaired) electrons. The SMILES string of the molecule is CC(=O)O.CC(C)COc1ccc(Sc2ccc3[nH]cc(C4=CCN(C(C)(C)C)CC4)c3c2)cc1.CCCCN1CC=C(c2c[nH]c3ccc(Sc4cccc(OC(C)CC)c4)cc23)CC1. The molecule has 0 amide bonds. The zero-order chi connectivity index (χ0) is 47.2. The number of fused-ring (bicyclic) bond motifs is 2. The van der Waals surface area contributed by atoms with E-state index in [0.29, 0.717) is 5.92 Å². The van der Waals surface area contributed by atoms with Crippen LogP contribution in [0.5, 0.6) is 11.5 Å². The number of rotatable bonds is 15. The van der Waals surface area contributed by atoms with Crippen molar-refractivity contribution in [3.63, 3.8) is 0 Å². The summed E-state index contributed by atoms with van der Waals surface area (Å²) >= 11 is 3.60. The number of unbranched alkanes of at least 4 members (excludes halogenated alkanes) is 1. The lowest BCUT2D eigenvalue weighted by molar-refractivity contribution is -0.134. The van der Waals surface area contributed by atoms with Crippen molar-refractivity contribution in [2.75, 3.05) is 39.3 Å². The summed E-state index contributed by atoms with van der Waals surface area (Å²) in [4.78, 5) is 26.0. The first-order valence-corrected chi connectivity index (χ1v) is 25.5. The number of nitrogens with zero attached hydrogens (tertiary/aromatic N) is 2. The number of aromatic amines is 2. The van der Waals surface area contributed by atoms with Crippen molar-refractivity contribution in [3.8, 4) is 11.5 Å². The van der Waals surface area contributed by atoms with E-state index < -0.39 is 5.97 Å². The molecule has 66 heavy (non-hydrogen) atoms. The summed E-state index contributed by atoms with van der Waals surface area (Å²) in [7, 11) is 0. The number of aliphatic carboxylic acids is 1. The summed E-state index contributed by atoms with van der Waals surface area (Å²) in [5.41, 5.74) is 8.29. The van der Waals surface area contributed by atoms with Crippen LogP contribution in [0.25, 0.3) is 33.0 Å². The molecule has 10 heteroatoms. The normalized spacial score (nSPS) is 15.1. The second-order valence-corrected chi connectivity index (χ2v) is 21.1. The molecule has 3 N–H and O–H groups in total. The number of benzene rings is 4. The van der Waals surface area contributed by atoms with E-state index in [2.05, 4.69) is 179 Å². The molecule has 4 heterocycles. The van der Waals surface area contributed by atoms with Gasteiger partial charge in [0.05, 0.1) is 12.7 Å². The highest BCUT2D eigenvalue weighted by atomic mass is 32.2. The van der Waals surface area contributed by atoms with Crippen LogP contribution < -0.4 is 9.47 Å². The topological polar surface area (TPSA) is 93.8 Å². The van der Waals surface area contributed by atoms with E-state index in [-0.39, 0.29) is 11.6 Å². The fourth-order valence-electron chi connectivity index (χ4n) is 7.99. The first-order valence-electron chi connectivity index (χ1n) is 23.8. The van der Waals surface area contributed by atoms with Gasteiger partial charge in [-0.2, -0.15) is 0 Å². The number of carbonyl (C=O) groups is 1. The van der Waals surface area contributed by atoms with Gasteiger partial charge in [-0.05, 0) is 156 Å². The minimum absolute atomic E-state index is 0.224. The van der Waals surface area contributed by atoms with Crippen LogP contribution in [0.2, 0.25) is 0 Å². The molecule has 1 atom stereocenters. The predicted molar refractivity (Wildman–Crippen MR) is 280 cm³/mol. The standard InChI is InChI=1S/2C27H34N2OS.C2H4O2/c1-19(2)18-30-21-6-8-22(9-7-21)31-23-10-11-26-24(16-23)25(17-28-26)20-12-14-29(15-13-20)27(3,4)5;1-4-6-14-29-15-12-21(13-16-29)26-19-28-27-11-10-24(18-25(26)27)31-23-9-7-8-22(17-23)30-20(3)5-2;1-2(3)4/h6-12,16-17,19,28H,13-15,18H2,1-5H3;7-12,17-20,28H,4-6,13-16H2,1-3H3;1H3,(H,3,4). The Kier molecular flexibility index (Phi) is 18.6. The fraction of sp³-hybridized carbons (Fsp3) is 0.411. The highest BCUT2D eigenvalue weighted by molar-refractivity contribution is 7.99. The third-order valence-electron chi connectivity index (χ3n) is 11.9. The van der Waals surface area contributed by atoms with Gasteiger partial charge in [0.2, 0.25) is 0 Å². The Labute approximate surface area is 402 Å². The maximum absolute atomic E-state index is 9.00. The Balaban J connectivity index is 0.000000202. The van der Waals surface area contributed by atoms with Crippen molar-refractivity contribution < 1.29 is 19.4 Å². The molecule has 1 unspecified atom stereocenters. The number of nitrogens with one attached hydrogen (secondary N) is 2. The maximum Gasteiger partial charge on any atom is 0.300 e. The van der Waals surface area contributed by atoms with Gasteiger partial charge < -0.3 is 24.5 Å². The summed E-state index contributed by atoms with van der Waals surface area (Å²) in [6.07, 6.45) is 15.2. The summed E-state index contributed by atoms with van der Waals surface area (Å²) < 4.78 is 11.8. The molecular formula is C56H72N4O4S2. The molecular weight excluding hydrogens is 857 g/mol. The molecule has 352 valence electrons. The molecule has 0 spiro atoms. The van der Waals surface area contributed by atoms with Crippen LogP contribution in [0.15, 0.2) is 129 Å². The quantitative estimate of drug-likeness (QED) is 0.0938. The summed E-state index contributed by atoms with van der Waals surface area (Å²) in [5, 5.41) is 10.1. The number of H-pyrrole nitrogens is 2. The van der Waals surface area contributed by atoms with Crippen LogP contribution in [0.3, 0.4) is 0 Å². The summed E-state index contributed by atoms with van der Waals surface area (Å²) in [6, 6.07) is 30.3. The molecule has 2 aliphatic rings. The van der Waals surface area contributed by atoms with Gasteiger partial charge in [-0.3, -0.25) is 14.6 Å². The predicted octanol–water partition coefficient (Wildman–Crippen LogP) is 14.7. The van der Waals surface area contributed by atoms with E-state index in [1.807, 2.05) is 6.07 Å². The van der Waals surface area contributed by atoms with Crippen molar-refractivity contribution in [1.29, 1.82) is 0 Å². The van der Waals surface area contributed by atoms with Crippen LogP contribution >= 0.6 is 23.5 Å². The number of ether oxygens (including phenoxy) is 2. The van der Waals surface area contributed by atoms with Gasteiger partial charge in [-0.25, -0.2) is 0 Å². The minimum atomic E-state index is -0.833. The average molecular weight is 929 g/mol. The Morgan fingerprint density at radius 3 is 1.82 bits per heavy atom. The number of carboxylic acid groups (broad SMARTS) is 1. The fourth-order valence-corrected chi connectivity index (χ4v) is 9.75. The van der Waals surface area contributed by atoms with Crippen LogP contribution in [-0.4, -0.2) is 81.8 Å². The Hall–Kier alpha value is -4.87. The molecule has 4 aromatic carbocycles. The van der Waals surface area contributed by atoms with Crippen molar-refractivity contribution in [2.45, 2.75) is 126 Å². The van der Waals surface area contributed by atoms with E-state index in [4.69, 9.17) is 19.4 Å². The zero-order valence-electron chi connectivity index (χ0n) is 40.7. The van der Waals surface area contributed by atoms with E-state index in [1.54, 1.807) is 23.5 Å². The average Bonchev–Trinajstić information content (AvgIpc) is 3.92. The van der Waals surface area contributed by atoms with Crippen LogP contribution in [0, 0.1) is 5.92 Å². The van der Waals surface area contributed by atoms with Crippen LogP contribution in [-0.2, 0) is 4.79 Å². The Morgan fingerprint density at radius 2 is 1.30 bits per heavy atom. The van der Waals surface area contributed by atoms with Crippen LogP contribution in [0.4, 0.5) is 0 Å². The van der Waals surface area contributed by atoms with E-state index >= 15 is 0 Å². The number of carboxylic acids is 1. The molecule has 2 aromatic heterocycles. The number of hydrogen-bond acceptors (Lipinski definition) is 7. The van der Waals surface area contributed by atoms with Crippen molar-refractivity contribution in [2.24, 2.45) is 5.92 Å². The number of aromatic nitrogens is 2. The lowest BCUT2D eigenvalue weighted by atomic mass is 9.96. The van der Waals surface area contributed by atoms with Crippen molar-refractivity contribution >= 4 is 62.4 Å². The lowest BCUT2D eigenvalue weighted by Crippen LogP contribution is -2.43. The molecule has 0 fully saturated rings. The summed E-state index contributed by atoms with van der Waals surface area (Å²) in [5.74, 6) is 1.59. The maximum atomic E-state index is 9.00. The van der Waals surface area contributed by atoms with E-state index in [0.717, 1.165) is 70.5 Å². The van der Waals surface area contributed by atoms with Crippen LogP contribution in [0.1, 0.15) is 106 Å². The first-order chi connectivity index (χ1) is 31.7. The smallest absolute Gasteiger partial charge is 0.300 e. The summed E-state index contributed by atoms with van der Waals surface area (Å²) in [6.45, 7) is 25.2. The third kappa shape index (κ3) is 14.8. The molecule has 6 aromatic rings. The largest absolute Gasteiger partial charge is 0.493 e. The second kappa shape index (κ2) is 24.2. The van der Waals surface area contributed by atoms with Gasteiger partial charge >= 0.3 is 0 Å². The first kappa shape index (κ1) is 50.5. The highest BCUT2D eigenvalue weighted by Gasteiger charge is 2.24. The molecule has 0 saturated carbocycles. The zero-order valence-corrected chi connectivity index (χ0v) is 42.3.